The van der Waals surface area contributed by atoms with Crippen LogP contribution in [0.4, 0.5) is 0 Å². The van der Waals surface area contributed by atoms with Crippen LogP contribution in [0.25, 0.3) is 0 Å². The van der Waals surface area contributed by atoms with Crippen molar-refractivity contribution < 1.29 is 8.42 Å². The van der Waals surface area contributed by atoms with Crippen LogP contribution < -0.4 is 0 Å². The molecular weight excluding hydrogens is 195 g/mol. The molecule has 0 N–H and O–H groups in total. The van der Waals surface area contributed by atoms with Crippen molar-refractivity contribution in [2.24, 2.45) is 0 Å². The minimum Gasteiger partial charge on any atom is -0.224 e. The molecule has 1 aliphatic rings. The van der Waals surface area contributed by atoms with Gasteiger partial charge in [0.2, 0.25) is 0 Å². The van der Waals surface area contributed by atoms with Crippen LogP contribution in [0.1, 0.15) is 0 Å². The van der Waals surface area contributed by atoms with Crippen LogP contribution in [0.2, 0.25) is 0 Å². The van der Waals surface area contributed by atoms with Gasteiger partial charge in [0.05, 0.1) is 5.75 Å². The maximum Gasteiger partial charge on any atom is 0.175 e. The van der Waals surface area contributed by atoms with Crippen molar-refractivity contribution in [3.05, 3.63) is 21.5 Å². The van der Waals surface area contributed by atoms with E-state index in [0.29, 0.717) is 5.57 Å². The first-order valence-corrected chi connectivity index (χ1v) is 4.93. The van der Waals surface area contributed by atoms with E-state index < -0.39 is 9.84 Å². The first kappa shape index (κ1) is 8.11. The molecule has 1 rings (SSSR count). The lowest BCUT2D eigenvalue weighted by molar-refractivity contribution is 0.608. The molecule has 0 atom stereocenters. The molecule has 1 aliphatic heterocycles. The highest BCUT2D eigenvalue weighted by Crippen LogP contribution is 2.22. The summed E-state index contributed by atoms with van der Waals surface area (Å²) in [5.41, 5.74) is 0.461. The molecular formula is C5H4Cl2O2S. The lowest BCUT2D eigenvalue weighted by atomic mass is 10.4. The van der Waals surface area contributed by atoms with E-state index in [-0.39, 0.29) is 10.2 Å². The highest BCUT2D eigenvalue weighted by Gasteiger charge is 2.17. The Labute approximate surface area is 69.0 Å². The fourth-order valence-electron chi connectivity index (χ4n) is 0.616. The molecule has 0 saturated heterocycles. The molecule has 0 aromatic rings. The van der Waals surface area contributed by atoms with Crippen LogP contribution in [-0.2, 0) is 9.84 Å². The van der Waals surface area contributed by atoms with E-state index in [2.05, 4.69) is 0 Å². The van der Waals surface area contributed by atoms with Gasteiger partial charge in [-0.25, -0.2) is 8.42 Å². The average Bonchev–Trinajstić information content (AvgIpc) is 2.10. The van der Waals surface area contributed by atoms with Crippen LogP contribution in [0.5, 0.6) is 0 Å². The third-order valence-electron chi connectivity index (χ3n) is 1.08. The molecule has 56 valence electrons. The SMILES string of the molecule is O=S1(=O)C=CC(=C(Cl)Cl)C1. The van der Waals surface area contributed by atoms with E-state index in [1.54, 1.807) is 0 Å². The number of halogens is 2. The van der Waals surface area contributed by atoms with Crippen molar-refractivity contribution in [1.29, 1.82) is 0 Å². The largest absolute Gasteiger partial charge is 0.224 e. The Morgan fingerprint density at radius 3 is 2.30 bits per heavy atom. The summed E-state index contributed by atoms with van der Waals surface area (Å²) in [5, 5.41) is 1.10. The molecule has 1 heterocycles. The molecule has 0 aliphatic carbocycles. The summed E-state index contributed by atoms with van der Waals surface area (Å²) in [7, 11) is -3.05. The maximum absolute atomic E-state index is 10.7. The van der Waals surface area contributed by atoms with Crippen molar-refractivity contribution in [2.45, 2.75) is 0 Å². The molecule has 0 bridgehead atoms. The second kappa shape index (κ2) is 2.57. The molecule has 0 spiro atoms. The van der Waals surface area contributed by atoms with Gasteiger partial charge in [-0.1, -0.05) is 23.2 Å². The smallest absolute Gasteiger partial charge is 0.175 e. The summed E-state index contributed by atoms with van der Waals surface area (Å²) >= 11 is 10.7. The number of hydrogen-bond acceptors (Lipinski definition) is 2. The lowest BCUT2D eigenvalue weighted by Gasteiger charge is -1.89. The van der Waals surface area contributed by atoms with Crippen molar-refractivity contribution in [3.8, 4) is 0 Å². The number of rotatable bonds is 0. The zero-order valence-electron chi connectivity index (χ0n) is 4.84. The predicted molar refractivity (Wildman–Crippen MR) is 41.7 cm³/mol. The predicted octanol–water partition coefficient (Wildman–Crippen LogP) is 1.62. The Kier molecular flexibility index (Phi) is 2.08. The number of sulfone groups is 1. The Morgan fingerprint density at radius 2 is 2.10 bits per heavy atom. The Balaban J connectivity index is 3.03. The van der Waals surface area contributed by atoms with Crippen LogP contribution in [-0.4, -0.2) is 14.2 Å². The molecule has 2 nitrogen and oxygen atoms in total. The fraction of sp³-hybridized carbons (Fsp3) is 0.200. The van der Waals surface area contributed by atoms with Crippen molar-refractivity contribution in [1.82, 2.24) is 0 Å². The van der Waals surface area contributed by atoms with Crippen LogP contribution in [0, 0.1) is 0 Å². The van der Waals surface area contributed by atoms with Crippen LogP contribution in [0.15, 0.2) is 21.5 Å². The minimum atomic E-state index is -3.05. The highest BCUT2D eigenvalue weighted by molar-refractivity contribution is 7.94. The Bertz CT molecular complexity index is 296. The summed E-state index contributed by atoms with van der Waals surface area (Å²) < 4.78 is 21.4. The zero-order chi connectivity index (χ0) is 7.78. The average molecular weight is 199 g/mol. The van der Waals surface area contributed by atoms with Gasteiger partial charge in [-0.2, -0.15) is 0 Å². The van der Waals surface area contributed by atoms with Crippen molar-refractivity contribution in [2.75, 3.05) is 5.75 Å². The lowest BCUT2D eigenvalue weighted by Crippen LogP contribution is -1.96. The summed E-state index contributed by atoms with van der Waals surface area (Å²) in [6.45, 7) is 0. The Hall–Kier alpha value is 0.01000. The van der Waals surface area contributed by atoms with Crippen LogP contribution in [0.3, 0.4) is 0 Å². The second-order valence-corrected chi connectivity index (χ2v) is 4.73. The summed E-state index contributed by atoms with van der Waals surface area (Å²) in [5.74, 6) is -0.0741. The second-order valence-electron chi connectivity index (χ2n) is 1.90. The minimum absolute atomic E-state index is 0.0253. The summed E-state index contributed by atoms with van der Waals surface area (Å²) in [6.07, 6.45) is 1.41. The molecule has 0 saturated carbocycles. The van der Waals surface area contributed by atoms with E-state index in [4.69, 9.17) is 23.2 Å². The third kappa shape index (κ3) is 1.75. The van der Waals surface area contributed by atoms with E-state index in [9.17, 15) is 8.42 Å². The van der Waals surface area contributed by atoms with E-state index in [0.717, 1.165) is 5.41 Å². The highest BCUT2D eigenvalue weighted by atomic mass is 35.5. The molecule has 5 heteroatoms. The van der Waals surface area contributed by atoms with E-state index in [1.165, 1.54) is 6.08 Å². The van der Waals surface area contributed by atoms with Gasteiger partial charge in [-0.15, -0.1) is 0 Å². The van der Waals surface area contributed by atoms with Gasteiger partial charge in [-0.05, 0) is 11.6 Å². The maximum atomic E-state index is 10.7. The Morgan fingerprint density at radius 1 is 1.50 bits per heavy atom. The monoisotopic (exact) mass is 198 g/mol. The van der Waals surface area contributed by atoms with Gasteiger partial charge in [0.25, 0.3) is 0 Å². The van der Waals surface area contributed by atoms with Gasteiger partial charge in [0, 0.05) is 5.41 Å². The molecule has 0 fully saturated rings. The summed E-state index contributed by atoms with van der Waals surface area (Å²) in [4.78, 5) is 0. The van der Waals surface area contributed by atoms with Crippen molar-refractivity contribution in [3.63, 3.8) is 0 Å². The van der Waals surface area contributed by atoms with Gasteiger partial charge in [0.15, 0.2) is 9.84 Å². The van der Waals surface area contributed by atoms with E-state index >= 15 is 0 Å². The zero-order valence-corrected chi connectivity index (χ0v) is 7.17. The molecule has 0 unspecified atom stereocenters. The van der Waals surface area contributed by atoms with Crippen molar-refractivity contribution >= 4 is 33.0 Å². The topological polar surface area (TPSA) is 34.1 Å². The van der Waals surface area contributed by atoms with Gasteiger partial charge < -0.3 is 0 Å². The van der Waals surface area contributed by atoms with Gasteiger partial charge in [-0.3, -0.25) is 0 Å². The van der Waals surface area contributed by atoms with E-state index in [1.807, 2.05) is 0 Å². The van der Waals surface area contributed by atoms with Gasteiger partial charge in [0.1, 0.15) is 4.49 Å². The normalized spacial score (nSPS) is 21.6. The molecule has 0 amide bonds. The molecule has 10 heavy (non-hydrogen) atoms. The quantitative estimate of drug-likeness (QED) is 0.593. The standard InChI is InChI=1S/C5H4Cl2O2S/c6-5(7)4-1-2-10(8,9)3-4/h1-2H,3H2. The molecule has 0 aromatic carbocycles. The fourth-order valence-corrected chi connectivity index (χ4v) is 2.18. The molecule has 0 aromatic heterocycles. The third-order valence-corrected chi connectivity index (χ3v) is 2.83. The first-order chi connectivity index (χ1) is 4.51. The number of allylic oxidation sites excluding steroid dienone is 1. The molecule has 0 radical (unpaired) electrons. The first-order valence-electron chi connectivity index (χ1n) is 2.46. The number of hydrogen-bond donors (Lipinski definition) is 0. The van der Waals surface area contributed by atoms with Crippen LogP contribution >= 0.6 is 23.2 Å². The van der Waals surface area contributed by atoms with Gasteiger partial charge >= 0.3 is 0 Å². The summed E-state index contributed by atoms with van der Waals surface area (Å²) in [6, 6.07) is 0.